The van der Waals surface area contributed by atoms with Crippen molar-refractivity contribution in [1.29, 1.82) is 0 Å². The molecule has 2 aromatic carbocycles. The molecule has 2 heterocycles. The van der Waals surface area contributed by atoms with Gasteiger partial charge in [0.1, 0.15) is 11.6 Å². The van der Waals surface area contributed by atoms with Crippen molar-refractivity contribution >= 4 is 33.4 Å². The number of hydrogen-bond acceptors (Lipinski definition) is 2. The molecule has 96 valence electrons. The van der Waals surface area contributed by atoms with E-state index in [-0.39, 0.29) is 0 Å². The summed E-state index contributed by atoms with van der Waals surface area (Å²) in [6.45, 7) is 0. The first-order valence-corrected chi connectivity index (χ1v) is 6.59. The number of nitrogens with one attached hydrogen (secondary N) is 2. The largest absolute Gasteiger partial charge is 0.341 e. The van der Waals surface area contributed by atoms with Gasteiger partial charge in [-0.25, -0.2) is 4.98 Å². The van der Waals surface area contributed by atoms with Gasteiger partial charge in [0.05, 0.1) is 5.52 Å². The molecule has 20 heavy (non-hydrogen) atoms. The molecule has 2 aromatic heterocycles. The van der Waals surface area contributed by atoms with Crippen LogP contribution in [-0.4, -0.2) is 9.97 Å². The summed E-state index contributed by atoms with van der Waals surface area (Å²) in [6, 6.07) is 22.5. The fraction of sp³-hybridized carbons (Fsp3) is 0. The summed E-state index contributed by atoms with van der Waals surface area (Å²) in [4.78, 5) is 7.95. The third kappa shape index (κ3) is 1.89. The van der Waals surface area contributed by atoms with E-state index in [1.54, 1.807) is 0 Å². The van der Waals surface area contributed by atoms with Crippen LogP contribution in [0.3, 0.4) is 0 Å². The van der Waals surface area contributed by atoms with Crippen molar-refractivity contribution in [3.05, 3.63) is 66.7 Å². The molecule has 0 atom stereocenters. The molecule has 0 spiro atoms. The number of aromatic nitrogens is 2. The standard InChI is InChI=1S/C17H13N3/c1-3-7-14-12(5-1)9-10-16(18-14)20-17-11-13-6-2-4-8-15(13)19-17/h1-11,19H,(H,18,20). The van der Waals surface area contributed by atoms with Gasteiger partial charge in [-0.3, -0.25) is 0 Å². The maximum Gasteiger partial charge on any atom is 0.132 e. The van der Waals surface area contributed by atoms with Crippen LogP contribution in [0.5, 0.6) is 0 Å². The lowest BCUT2D eigenvalue weighted by Crippen LogP contribution is -1.93. The van der Waals surface area contributed by atoms with Gasteiger partial charge in [0.2, 0.25) is 0 Å². The Hall–Kier alpha value is -2.81. The second kappa shape index (κ2) is 4.38. The van der Waals surface area contributed by atoms with Crippen LogP contribution in [0, 0.1) is 0 Å². The number of H-pyrrole nitrogens is 1. The number of aromatic amines is 1. The minimum Gasteiger partial charge on any atom is -0.341 e. The van der Waals surface area contributed by atoms with Crippen LogP contribution in [0.4, 0.5) is 11.6 Å². The highest BCUT2D eigenvalue weighted by molar-refractivity contribution is 5.85. The Morgan fingerprint density at radius 3 is 2.50 bits per heavy atom. The van der Waals surface area contributed by atoms with E-state index < -0.39 is 0 Å². The minimum absolute atomic E-state index is 0.843. The zero-order chi connectivity index (χ0) is 13.4. The lowest BCUT2D eigenvalue weighted by atomic mass is 10.2. The molecule has 0 fully saturated rings. The molecule has 2 N–H and O–H groups in total. The highest BCUT2D eigenvalue weighted by Crippen LogP contribution is 2.22. The van der Waals surface area contributed by atoms with Gasteiger partial charge in [-0.2, -0.15) is 0 Å². The monoisotopic (exact) mass is 259 g/mol. The van der Waals surface area contributed by atoms with Gasteiger partial charge in [-0.15, -0.1) is 0 Å². The smallest absolute Gasteiger partial charge is 0.132 e. The van der Waals surface area contributed by atoms with Crippen molar-refractivity contribution in [2.24, 2.45) is 0 Å². The van der Waals surface area contributed by atoms with Crippen molar-refractivity contribution in [3.8, 4) is 0 Å². The van der Waals surface area contributed by atoms with E-state index in [1.165, 1.54) is 5.39 Å². The lowest BCUT2D eigenvalue weighted by molar-refractivity contribution is 1.33. The van der Waals surface area contributed by atoms with Gasteiger partial charge in [0, 0.05) is 16.3 Å². The van der Waals surface area contributed by atoms with Crippen molar-refractivity contribution in [2.45, 2.75) is 0 Å². The third-order valence-corrected chi connectivity index (χ3v) is 3.39. The molecule has 0 saturated heterocycles. The summed E-state index contributed by atoms with van der Waals surface area (Å²) in [5.41, 5.74) is 2.12. The molecular formula is C17H13N3. The number of nitrogens with zero attached hydrogens (tertiary/aromatic N) is 1. The molecule has 4 rings (SSSR count). The summed E-state index contributed by atoms with van der Waals surface area (Å²) in [7, 11) is 0. The Balaban J connectivity index is 1.72. The van der Waals surface area contributed by atoms with Crippen molar-refractivity contribution < 1.29 is 0 Å². The average Bonchev–Trinajstić information content (AvgIpc) is 2.89. The molecule has 0 unspecified atom stereocenters. The van der Waals surface area contributed by atoms with Gasteiger partial charge >= 0.3 is 0 Å². The van der Waals surface area contributed by atoms with Gasteiger partial charge in [0.15, 0.2) is 0 Å². The Labute approximate surface area is 116 Å². The van der Waals surface area contributed by atoms with Crippen LogP contribution in [-0.2, 0) is 0 Å². The highest BCUT2D eigenvalue weighted by atomic mass is 15.1. The van der Waals surface area contributed by atoms with Gasteiger partial charge in [0.25, 0.3) is 0 Å². The zero-order valence-corrected chi connectivity index (χ0v) is 10.8. The van der Waals surface area contributed by atoms with Crippen LogP contribution in [0.25, 0.3) is 21.8 Å². The second-order valence-electron chi connectivity index (χ2n) is 4.78. The van der Waals surface area contributed by atoms with Crippen molar-refractivity contribution in [1.82, 2.24) is 9.97 Å². The van der Waals surface area contributed by atoms with Gasteiger partial charge < -0.3 is 10.3 Å². The number of benzene rings is 2. The molecule has 0 amide bonds. The number of hydrogen-bond donors (Lipinski definition) is 2. The Bertz CT molecular complexity index is 860. The summed E-state index contributed by atoms with van der Waals surface area (Å²) < 4.78 is 0. The van der Waals surface area contributed by atoms with Gasteiger partial charge in [-0.1, -0.05) is 36.4 Å². The number of fused-ring (bicyclic) bond motifs is 2. The molecule has 0 bridgehead atoms. The second-order valence-corrected chi connectivity index (χ2v) is 4.78. The van der Waals surface area contributed by atoms with E-state index in [0.29, 0.717) is 0 Å². The number of rotatable bonds is 2. The zero-order valence-electron chi connectivity index (χ0n) is 10.8. The normalized spacial score (nSPS) is 11.0. The van der Waals surface area contributed by atoms with E-state index in [9.17, 15) is 0 Å². The van der Waals surface area contributed by atoms with E-state index >= 15 is 0 Å². The first-order valence-electron chi connectivity index (χ1n) is 6.59. The van der Waals surface area contributed by atoms with Crippen LogP contribution in [0.15, 0.2) is 66.7 Å². The maximum absolute atomic E-state index is 4.61. The Morgan fingerprint density at radius 2 is 1.60 bits per heavy atom. The lowest BCUT2D eigenvalue weighted by Gasteiger charge is -2.04. The van der Waals surface area contributed by atoms with Crippen LogP contribution >= 0.6 is 0 Å². The summed E-state index contributed by atoms with van der Waals surface area (Å²) in [6.07, 6.45) is 0. The first kappa shape index (κ1) is 11.1. The van der Waals surface area contributed by atoms with Crippen molar-refractivity contribution in [3.63, 3.8) is 0 Å². The molecular weight excluding hydrogens is 246 g/mol. The molecule has 3 nitrogen and oxygen atoms in total. The molecule has 0 aliphatic heterocycles. The Morgan fingerprint density at radius 1 is 0.800 bits per heavy atom. The van der Waals surface area contributed by atoms with Crippen molar-refractivity contribution in [2.75, 3.05) is 5.32 Å². The molecule has 0 aliphatic rings. The quantitative estimate of drug-likeness (QED) is 0.558. The van der Waals surface area contributed by atoms with E-state index in [2.05, 4.69) is 45.6 Å². The average molecular weight is 259 g/mol. The van der Waals surface area contributed by atoms with E-state index in [0.717, 1.165) is 28.1 Å². The topological polar surface area (TPSA) is 40.7 Å². The molecule has 3 heteroatoms. The predicted octanol–water partition coefficient (Wildman–Crippen LogP) is 4.46. The fourth-order valence-corrected chi connectivity index (χ4v) is 2.41. The Kier molecular flexibility index (Phi) is 2.42. The summed E-state index contributed by atoms with van der Waals surface area (Å²) in [5, 5.41) is 5.66. The molecule has 0 aliphatic carbocycles. The number of anilines is 2. The number of pyridine rings is 1. The first-order chi connectivity index (χ1) is 9.88. The number of para-hydroxylation sites is 2. The molecule has 0 saturated carbocycles. The minimum atomic E-state index is 0.843. The highest BCUT2D eigenvalue weighted by Gasteiger charge is 2.02. The summed E-state index contributed by atoms with van der Waals surface area (Å²) in [5.74, 6) is 1.80. The molecule has 4 aromatic rings. The SMILES string of the molecule is c1ccc2nc(Nc3cc4ccccc4[nH]3)ccc2c1. The van der Waals surface area contributed by atoms with Gasteiger partial charge in [-0.05, 0) is 30.3 Å². The predicted molar refractivity (Wildman–Crippen MR) is 83.3 cm³/mol. The maximum atomic E-state index is 4.61. The van der Waals surface area contributed by atoms with E-state index in [4.69, 9.17) is 0 Å². The van der Waals surface area contributed by atoms with Crippen LogP contribution in [0.2, 0.25) is 0 Å². The third-order valence-electron chi connectivity index (χ3n) is 3.39. The van der Waals surface area contributed by atoms with Crippen LogP contribution < -0.4 is 5.32 Å². The summed E-state index contributed by atoms with van der Waals surface area (Å²) >= 11 is 0. The van der Waals surface area contributed by atoms with E-state index in [1.807, 2.05) is 36.4 Å². The molecule has 0 radical (unpaired) electrons. The fourth-order valence-electron chi connectivity index (χ4n) is 2.41. The van der Waals surface area contributed by atoms with Crippen LogP contribution in [0.1, 0.15) is 0 Å².